The van der Waals surface area contributed by atoms with Gasteiger partial charge in [0.25, 0.3) is 0 Å². The SMILES string of the molecule is O=C(Nc1cccc2cnccc12)C1CNCC1c1nccs1. The molecule has 4 rings (SSSR count). The van der Waals surface area contributed by atoms with Crippen LogP contribution in [-0.4, -0.2) is 29.0 Å². The van der Waals surface area contributed by atoms with Crippen LogP contribution in [0.15, 0.2) is 48.2 Å². The van der Waals surface area contributed by atoms with Crippen LogP contribution in [0.25, 0.3) is 10.8 Å². The maximum absolute atomic E-state index is 12.8. The molecule has 2 aromatic heterocycles. The van der Waals surface area contributed by atoms with Crippen molar-refractivity contribution in [1.29, 1.82) is 0 Å². The maximum Gasteiger partial charge on any atom is 0.229 e. The highest BCUT2D eigenvalue weighted by Crippen LogP contribution is 2.31. The number of rotatable bonds is 3. The molecular formula is C17H16N4OS. The zero-order valence-electron chi connectivity index (χ0n) is 12.4. The third kappa shape index (κ3) is 2.71. The molecule has 2 atom stereocenters. The lowest BCUT2D eigenvalue weighted by atomic mass is 9.95. The molecule has 116 valence electrons. The van der Waals surface area contributed by atoms with Crippen molar-refractivity contribution in [2.75, 3.05) is 18.4 Å². The van der Waals surface area contributed by atoms with Gasteiger partial charge in [-0.15, -0.1) is 11.3 Å². The van der Waals surface area contributed by atoms with Gasteiger partial charge in [0.2, 0.25) is 5.91 Å². The minimum Gasteiger partial charge on any atom is -0.325 e. The lowest BCUT2D eigenvalue weighted by Gasteiger charge is -2.17. The number of benzene rings is 1. The van der Waals surface area contributed by atoms with Crippen LogP contribution in [0.5, 0.6) is 0 Å². The molecule has 1 fully saturated rings. The van der Waals surface area contributed by atoms with E-state index in [0.717, 1.165) is 28.0 Å². The molecule has 0 bridgehead atoms. The van der Waals surface area contributed by atoms with Gasteiger partial charge in [-0.25, -0.2) is 4.98 Å². The van der Waals surface area contributed by atoms with Crippen molar-refractivity contribution in [1.82, 2.24) is 15.3 Å². The van der Waals surface area contributed by atoms with E-state index in [4.69, 9.17) is 0 Å². The van der Waals surface area contributed by atoms with Crippen LogP contribution in [0.2, 0.25) is 0 Å². The summed E-state index contributed by atoms with van der Waals surface area (Å²) in [5.41, 5.74) is 0.833. The Morgan fingerprint density at radius 2 is 2.22 bits per heavy atom. The van der Waals surface area contributed by atoms with Gasteiger partial charge in [-0.3, -0.25) is 9.78 Å². The lowest BCUT2D eigenvalue weighted by molar-refractivity contribution is -0.119. The number of fused-ring (bicyclic) bond motifs is 1. The lowest BCUT2D eigenvalue weighted by Crippen LogP contribution is -2.28. The molecule has 1 saturated heterocycles. The second-order valence-corrected chi connectivity index (χ2v) is 6.56. The van der Waals surface area contributed by atoms with Crippen LogP contribution in [-0.2, 0) is 4.79 Å². The smallest absolute Gasteiger partial charge is 0.229 e. The molecule has 5 nitrogen and oxygen atoms in total. The van der Waals surface area contributed by atoms with Gasteiger partial charge < -0.3 is 10.6 Å². The summed E-state index contributed by atoms with van der Waals surface area (Å²) in [4.78, 5) is 21.3. The van der Waals surface area contributed by atoms with Crippen molar-refractivity contribution in [3.05, 3.63) is 53.2 Å². The van der Waals surface area contributed by atoms with Gasteiger partial charge >= 0.3 is 0 Å². The highest BCUT2D eigenvalue weighted by molar-refractivity contribution is 7.09. The van der Waals surface area contributed by atoms with Crippen LogP contribution in [0.1, 0.15) is 10.9 Å². The van der Waals surface area contributed by atoms with E-state index in [1.807, 2.05) is 29.6 Å². The molecular weight excluding hydrogens is 308 g/mol. The van der Waals surface area contributed by atoms with Crippen molar-refractivity contribution in [3.8, 4) is 0 Å². The predicted molar refractivity (Wildman–Crippen MR) is 91.6 cm³/mol. The Bertz CT molecular complexity index is 828. The van der Waals surface area contributed by atoms with E-state index in [-0.39, 0.29) is 17.7 Å². The third-order valence-electron chi connectivity index (χ3n) is 4.26. The zero-order valence-corrected chi connectivity index (χ0v) is 13.2. The van der Waals surface area contributed by atoms with E-state index in [9.17, 15) is 4.79 Å². The van der Waals surface area contributed by atoms with E-state index in [2.05, 4.69) is 20.6 Å². The number of nitrogens with zero attached hydrogens (tertiary/aromatic N) is 2. The van der Waals surface area contributed by atoms with Gasteiger partial charge in [-0.1, -0.05) is 12.1 Å². The second kappa shape index (κ2) is 6.06. The molecule has 23 heavy (non-hydrogen) atoms. The van der Waals surface area contributed by atoms with E-state index in [1.165, 1.54) is 0 Å². The second-order valence-electron chi connectivity index (χ2n) is 5.63. The van der Waals surface area contributed by atoms with Crippen molar-refractivity contribution >= 4 is 33.7 Å². The Labute approximate surface area is 137 Å². The van der Waals surface area contributed by atoms with Crippen molar-refractivity contribution in [2.24, 2.45) is 5.92 Å². The fraction of sp³-hybridized carbons (Fsp3) is 0.235. The Hall–Kier alpha value is -2.31. The molecule has 6 heteroatoms. The summed E-state index contributed by atoms with van der Waals surface area (Å²) in [7, 11) is 0. The molecule has 0 spiro atoms. The summed E-state index contributed by atoms with van der Waals surface area (Å²) in [6.45, 7) is 1.48. The third-order valence-corrected chi connectivity index (χ3v) is 5.17. The van der Waals surface area contributed by atoms with E-state index in [0.29, 0.717) is 6.54 Å². The Morgan fingerprint density at radius 3 is 3.09 bits per heavy atom. The molecule has 3 aromatic rings. The van der Waals surface area contributed by atoms with Crippen LogP contribution in [0, 0.1) is 5.92 Å². The summed E-state index contributed by atoms with van der Waals surface area (Å²) in [6, 6.07) is 7.79. The summed E-state index contributed by atoms with van der Waals surface area (Å²) < 4.78 is 0. The molecule has 0 radical (unpaired) electrons. The minimum atomic E-state index is -0.0988. The van der Waals surface area contributed by atoms with Gasteiger partial charge in [0.05, 0.1) is 10.9 Å². The number of hydrogen-bond acceptors (Lipinski definition) is 5. The normalized spacial score (nSPS) is 20.7. The van der Waals surface area contributed by atoms with Gasteiger partial charge in [0.1, 0.15) is 0 Å². The molecule has 0 saturated carbocycles. The maximum atomic E-state index is 12.8. The first-order chi connectivity index (χ1) is 11.3. The van der Waals surface area contributed by atoms with Gasteiger partial charge in [-0.05, 0) is 12.1 Å². The number of nitrogens with one attached hydrogen (secondary N) is 2. The van der Waals surface area contributed by atoms with E-state index >= 15 is 0 Å². The highest BCUT2D eigenvalue weighted by atomic mass is 32.1. The number of thiazole rings is 1. The van der Waals surface area contributed by atoms with Crippen LogP contribution >= 0.6 is 11.3 Å². The minimum absolute atomic E-state index is 0.0412. The first-order valence-corrected chi connectivity index (χ1v) is 8.44. The molecule has 2 unspecified atom stereocenters. The van der Waals surface area contributed by atoms with Crippen molar-refractivity contribution < 1.29 is 4.79 Å². The van der Waals surface area contributed by atoms with E-state index in [1.54, 1.807) is 29.9 Å². The number of carbonyl (C=O) groups excluding carboxylic acids is 1. The van der Waals surface area contributed by atoms with E-state index < -0.39 is 0 Å². The Balaban J connectivity index is 1.59. The van der Waals surface area contributed by atoms with Crippen LogP contribution < -0.4 is 10.6 Å². The molecule has 1 aliphatic rings. The fourth-order valence-electron chi connectivity index (χ4n) is 3.09. The molecule has 0 aliphatic carbocycles. The molecule has 1 amide bonds. The Morgan fingerprint density at radius 1 is 1.26 bits per heavy atom. The van der Waals surface area contributed by atoms with Gasteiger partial charge in [0.15, 0.2) is 0 Å². The predicted octanol–water partition coefficient (Wildman–Crippen LogP) is 2.63. The molecule has 3 heterocycles. The number of hydrogen-bond donors (Lipinski definition) is 2. The monoisotopic (exact) mass is 324 g/mol. The first-order valence-electron chi connectivity index (χ1n) is 7.56. The first kappa shape index (κ1) is 14.3. The van der Waals surface area contributed by atoms with Crippen LogP contribution in [0.4, 0.5) is 5.69 Å². The molecule has 1 aliphatic heterocycles. The molecule has 2 N–H and O–H groups in total. The zero-order chi connectivity index (χ0) is 15.6. The van der Waals surface area contributed by atoms with Crippen molar-refractivity contribution in [2.45, 2.75) is 5.92 Å². The standard InChI is InChI=1S/C17H16N4OS/c22-16(13-9-19-10-14(13)17-20-6-7-23-17)21-15-3-1-2-11-8-18-5-4-12(11)15/h1-8,13-14,19H,9-10H2,(H,21,22). The fourth-order valence-corrected chi connectivity index (χ4v) is 3.89. The number of carbonyl (C=O) groups is 1. The summed E-state index contributed by atoms with van der Waals surface area (Å²) in [5.74, 6) is 0.0874. The van der Waals surface area contributed by atoms with Crippen LogP contribution in [0.3, 0.4) is 0 Å². The average Bonchev–Trinajstić information content (AvgIpc) is 3.26. The summed E-state index contributed by atoms with van der Waals surface area (Å²) in [5, 5.41) is 11.4. The topological polar surface area (TPSA) is 66.9 Å². The number of pyridine rings is 1. The van der Waals surface area contributed by atoms with Gasteiger partial charge in [-0.2, -0.15) is 0 Å². The summed E-state index contributed by atoms with van der Waals surface area (Å²) in [6.07, 6.45) is 5.35. The molecule has 1 aromatic carbocycles. The number of aromatic nitrogens is 2. The van der Waals surface area contributed by atoms with Gasteiger partial charge in [0, 0.05) is 59.4 Å². The summed E-state index contributed by atoms with van der Waals surface area (Å²) >= 11 is 1.61. The largest absolute Gasteiger partial charge is 0.325 e. The van der Waals surface area contributed by atoms with Crippen molar-refractivity contribution in [3.63, 3.8) is 0 Å². The average molecular weight is 324 g/mol. The highest BCUT2D eigenvalue weighted by Gasteiger charge is 2.35. The number of amides is 1. The Kier molecular flexibility index (Phi) is 3.77. The number of anilines is 1. The quantitative estimate of drug-likeness (QED) is 0.777.